The van der Waals surface area contributed by atoms with Gasteiger partial charge in [-0.15, -0.1) is 17.0 Å². The minimum atomic E-state index is 0. The van der Waals surface area contributed by atoms with Gasteiger partial charge in [0, 0.05) is 0 Å². The molecule has 0 atom stereocenters. The largest absolute Gasteiger partial charge is 0.303 e. The molecule has 2 heteroatoms. The fourth-order valence-electron chi connectivity index (χ4n) is 1.48. The predicted octanol–water partition coefficient (Wildman–Crippen LogP) is 4.90. The molecule has 0 unspecified atom stereocenters. The van der Waals surface area contributed by atoms with Crippen LogP contribution in [0.3, 0.4) is 0 Å². The summed E-state index contributed by atoms with van der Waals surface area (Å²) >= 11 is 0. The zero-order valence-corrected chi connectivity index (χ0v) is 11.9. The second-order valence-corrected chi connectivity index (χ2v) is 3.90. The second kappa shape index (κ2) is 16.9. The van der Waals surface area contributed by atoms with Crippen LogP contribution in [0.15, 0.2) is 0 Å². The third-order valence-electron chi connectivity index (χ3n) is 2.48. The Morgan fingerprint density at radius 3 is 1.13 bits per heavy atom. The SMILES string of the molecule is Br.C.CCCCN(CCCC)CCCC. The van der Waals surface area contributed by atoms with Crippen molar-refractivity contribution in [3.63, 3.8) is 0 Å². The van der Waals surface area contributed by atoms with Gasteiger partial charge in [0.25, 0.3) is 0 Å². The van der Waals surface area contributed by atoms with Crippen molar-refractivity contribution >= 4 is 17.0 Å². The fraction of sp³-hybridized carbons (Fsp3) is 1.00. The molecular weight excluding hydrogens is 250 g/mol. The second-order valence-electron chi connectivity index (χ2n) is 3.90. The maximum absolute atomic E-state index is 2.64. The Morgan fingerprint density at radius 1 is 0.667 bits per heavy atom. The zero-order valence-electron chi connectivity index (χ0n) is 10.2. The molecule has 0 amide bonds. The van der Waals surface area contributed by atoms with Gasteiger partial charge < -0.3 is 4.90 Å². The molecule has 0 aliphatic heterocycles. The quantitative estimate of drug-likeness (QED) is 0.581. The Kier molecular flexibility index (Phi) is 23.4. The number of rotatable bonds is 9. The molecular formula is C13H32BrN. The van der Waals surface area contributed by atoms with Crippen LogP contribution in [0.2, 0.25) is 0 Å². The van der Waals surface area contributed by atoms with Crippen LogP contribution in [0, 0.1) is 0 Å². The summed E-state index contributed by atoms with van der Waals surface area (Å²) in [7, 11) is 0. The van der Waals surface area contributed by atoms with Crippen molar-refractivity contribution < 1.29 is 0 Å². The van der Waals surface area contributed by atoms with Crippen molar-refractivity contribution in [2.75, 3.05) is 19.6 Å². The lowest BCUT2D eigenvalue weighted by atomic mass is 10.2. The fourth-order valence-corrected chi connectivity index (χ4v) is 1.48. The monoisotopic (exact) mass is 281 g/mol. The van der Waals surface area contributed by atoms with Crippen LogP contribution in [0.5, 0.6) is 0 Å². The van der Waals surface area contributed by atoms with E-state index in [1.165, 1.54) is 58.2 Å². The molecule has 0 rings (SSSR count). The van der Waals surface area contributed by atoms with Gasteiger partial charge >= 0.3 is 0 Å². The highest BCUT2D eigenvalue weighted by Gasteiger charge is 2.01. The molecule has 0 aromatic rings. The molecule has 0 N–H and O–H groups in total. The lowest BCUT2D eigenvalue weighted by molar-refractivity contribution is 0.261. The highest BCUT2D eigenvalue weighted by atomic mass is 79.9. The summed E-state index contributed by atoms with van der Waals surface area (Å²) in [5.41, 5.74) is 0. The van der Waals surface area contributed by atoms with Crippen LogP contribution >= 0.6 is 17.0 Å². The minimum Gasteiger partial charge on any atom is -0.303 e. The summed E-state index contributed by atoms with van der Waals surface area (Å²) in [6, 6.07) is 0. The molecule has 0 aromatic heterocycles. The van der Waals surface area contributed by atoms with E-state index < -0.39 is 0 Å². The van der Waals surface area contributed by atoms with Gasteiger partial charge in [0.1, 0.15) is 0 Å². The third-order valence-corrected chi connectivity index (χ3v) is 2.48. The van der Waals surface area contributed by atoms with Crippen LogP contribution in [0.1, 0.15) is 66.7 Å². The summed E-state index contributed by atoms with van der Waals surface area (Å²) < 4.78 is 0. The van der Waals surface area contributed by atoms with Gasteiger partial charge in [0.15, 0.2) is 0 Å². The normalized spacial score (nSPS) is 9.60. The van der Waals surface area contributed by atoms with Gasteiger partial charge in [-0.1, -0.05) is 47.5 Å². The molecule has 0 bridgehead atoms. The van der Waals surface area contributed by atoms with Gasteiger partial charge in [0.2, 0.25) is 0 Å². The van der Waals surface area contributed by atoms with Gasteiger partial charge in [-0.25, -0.2) is 0 Å². The van der Waals surface area contributed by atoms with E-state index in [0.29, 0.717) is 0 Å². The number of halogens is 1. The Labute approximate surface area is 108 Å². The first-order chi connectivity index (χ1) is 6.35. The maximum Gasteiger partial charge on any atom is -0.00188 e. The molecule has 15 heavy (non-hydrogen) atoms. The molecule has 0 fully saturated rings. The number of unbranched alkanes of at least 4 members (excludes halogenated alkanes) is 3. The van der Waals surface area contributed by atoms with Gasteiger partial charge in [0.05, 0.1) is 0 Å². The summed E-state index contributed by atoms with van der Waals surface area (Å²) in [5, 5.41) is 0. The molecule has 0 radical (unpaired) electrons. The molecule has 1 nitrogen and oxygen atoms in total. The van der Waals surface area contributed by atoms with E-state index in [1.54, 1.807) is 0 Å². The van der Waals surface area contributed by atoms with E-state index >= 15 is 0 Å². The molecule has 0 aliphatic rings. The molecule has 0 saturated carbocycles. The Balaban J connectivity index is -0.000000720. The Hall–Kier alpha value is 0.440. The van der Waals surface area contributed by atoms with Gasteiger partial charge in [-0.2, -0.15) is 0 Å². The summed E-state index contributed by atoms with van der Waals surface area (Å²) in [5.74, 6) is 0. The van der Waals surface area contributed by atoms with Crippen LogP contribution in [-0.2, 0) is 0 Å². The minimum absolute atomic E-state index is 0. The number of nitrogens with zero attached hydrogens (tertiary/aromatic N) is 1. The van der Waals surface area contributed by atoms with E-state index in [-0.39, 0.29) is 24.4 Å². The molecule has 96 valence electrons. The highest BCUT2D eigenvalue weighted by molar-refractivity contribution is 8.93. The first kappa shape index (κ1) is 20.8. The van der Waals surface area contributed by atoms with Crippen LogP contribution in [0.4, 0.5) is 0 Å². The van der Waals surface area contributed by atoms with Crippen molar-refractivity contribution in [1.29, 1.82) is 0 Å². The Morgan fingerprint density at radius 2 is 0.933 bits per heavy atom. The molecule has 0 aromatic carbocycles. The predicted molar refractivity (Wildman–Crippen MR) is 78.2 cm³/mol. The van der Waals surface area contributed by atoms with E-state index in [1.807, 2.05) is 0 Å². The van der Waals surface area contributed by atoms with Crippen molar-refractivity contribution in [1.82, 2.24) is 4.90 Å². The summed E-state index contributed by atoms with van der Waals surface area (Å²) in [6.07, 6.45) is 8.09. The topological polar surface area (TPSA) is 3.24 Å². The van der Waals surface area contributed by atoms with Gasteiger partial charge in [-0.3, -0.25) is 0 Å². The smallest absolute Gasteiger partial charge is 0.00188 e. The van der Waals surface area contributed by atoms with Crippen LogP contribution in [-0.4, -0.2) is 24.5 Å². The lowest BCUT2D eigenvalue weighted by Crippen LogP contribution is -2.27. The third kappa shape index (κ3) is 14.4. The van der Waals surface area contributed by atoms with E-state index in [0.717, 1.165) is 0 Å². The summed E-state index contributed by atoms with van der Waals surface area (Å²) in [4.78, 5) is 2.64. The van der Waals surface area contributed by atoms with Crippen molar-refractivity contribution in [2.45, 2.75) is 66.7 Å². The van der Waals surface area contributed by atoms with Crippen molar-refractivity contribution in [2.24, 2.45) is 0 Å². The van der Waals surface area contributed by atoms with Crippen molar-refractivity contribution in [3.05, 3.63) is 0 Å². The van der Waals surface area contributed by atoms with Crippen molar-refractivity contribution in [3.8, 4) is 0 Å². The van der Waals surface area contributed by atoms with E-state index in [9.17, 15) is 0 Å². The standard InChI is InChI=1S/C12H27N.CH4.BrH/c1-4-7-10-13(11-8-5-2)12-9-6-3;;/h4-12H2,1-3H3;1H4;1H. The average Bonchev–Trinajstić information content (AvgIpc) is 2.17. The highest BCUT2D eigenvalue weighted by Crippen LogP contribution is 2.01. The van der Waals surface area contributed by atoms with E-state index in [2.05, 4.69) is 25.7 Å². The molecule has 0 aliphatic carbocycles. The van der Waals surface area contributed by atoms with E-state index in [4.69, 9.17) is 0 Å². The Bertz CT molecular complexity index is 77.5. The molecule has 0 spiro atoms. The van der Waals surface area contributed by atoms with Gasteiger partial charge in [-0.05, 0) is 38.9 Å². The first-order valence-electron chi connectivity index (χ1n) is 6.07. The lowest BCUT2D eigenvalue weighted by Gasteiger charge is -2.21. The number of hydrogen-bond donors (Lipinski definition) is 0. The maximum atomic E-state index is 2.64. The van der Waals surface area contributed by atoms with Crippen LogP contribution in [0.25, 0.3) is 0 Å². The van der Waals surface area contributed by atoms with Crippen LogP contribution < -0.4 is 0 Å². The molecule has 0 saturated heterocycles. The number of hydrogen-bond acceptors (Lipinski definition) is 1. The first-order valence-corrected chi connectivity index (χ1v) is 6.07. The summed E-state index contributed by atoms with van der Waals surface area (Å²) in [6.45, 7) is 10.8. The zero-order chi connectivity index (χ0) is 9.94. The molecule has 0 heterocycles. The average molecular weight is 282 g/mol.